The molecule has 3 aromatic rings. The zero-order valence-electron chi connectivity index (χ0n) is 14.7. The van der Waals surface area contributed by atoms with Crippen molar-refractivity contribution in [3.05, 3.63) is 83.4 Å². The molecule has 3 rings (SSSR count). The first-order valence-electron chi connectivity index (χ1n) is 8.80. The highest BCUT2D eigenvalue weighted by Crippen LogP contribution is 2.29. The minimum absolute atomic E-state index is 0.305. The quantitative estimate of drug-likeness (QED) is 0.480. The number of hydrogen-bond acceptors (Lipinski definition) is 0. The van der Waals surface area contributed by atoms with E-state index in [-0.39, 0.29) is 0 Å². The second kappa shape index (κ2) is 7.60. The zero-order chi connectivity index (χ0) is 17.8. The first-order valence-corrected chi connectivity index (χ1v) is 8.80. The van der Waals surface area contributed by atoms with Crippen molar-refractivity contribution in [1.82, 2.24) is 0 Å². The standard InChI is InChI=1S/C23H22F2/c1-3-5-16-6-8-18(9-7-16)19-10-12-20(13-11-19)21-15-14-17(4-2)22(24)23(21)25/h6-15H,3-5H2,1-2H3. The van der Waals surface area contributed by atoms with E-state index >= 15 is 0 Å². The Morgan fingerprint density at radius 2 is 1.20 bits per heavy atom. The molecule has 128 valence electrons. The fraction of sp³-hybridized carbons (Fsp3) is 0.217. The van der Waals surface area contributed by atoms with Crippen LogP contribution < -0.4 is 0 Å². The van der Waals surface area contributed by atoms with Crippen molar-refractivity contribution in [1.29, 1.82) is 0 Å². The van der Waals surface area contributed by atoms with Crippen LogP contribution in [0.3, 0.4) is 0 Å². The van der Waals surface area contributed by atoms with Crippen LogP contribution in [0.15, 0.2) is 60.7 Å². The molecule has 0 saturated heterocycles. The maximum atomic E-state index is 14.3. The summed E-state index contributed by atoms with van der Waals surface area (Å²) in [6.45, 7) is 3.99. The van der Waals surface area contributed by atoms with Gasteiger partial charge in [-0.1, -0.05) is 80.9 Å². The van der Waals surface area contributed by atoms with Gasteiger partial charge in [-0.05, 0) is 40.7 Å². The molecule has 0 atom stereocenters. The summed E-state index contributed by atoms with van der Waals surface area (Å²) < 4.78 is 28.3. The lowest BCUT2D eigenvalue weighted by molar-refractivity contribution is 0.502. The van der Waals surface area contributed by atoms with E-state index in [1.807, 2.05) is 31.2 Å². The Morgan fingerprint density at radius 3 is 1.76 bits per heavy atom. The summed E-state index contributed by atoms with van der Waals surface area (Å²) in [6.07, 6.45) is 2.70. The van der Waals surface area contributed by atoms with E-state index in [1.165, 1.54) is 5.56 Å². The van der Waals surface area contributed by atoms with Gasteiger partial charge in [-0.2, -0.15) is 0 Å². The van der Waals surface area contributed by atoms with Gasteiger partial charge in [0.2, 0.25) is 0 Å². The molecule has 0 aliphatic heterocycles. The molecule has 0 N–H and O–H groups in total. The number of aryl methyl sites for hydroxylation is 2. The van der Waals surface area contributed by atoms with Gasteiger partial charge in [-0.15, -0.1) is 0 Å². The van der Waals surface area contributed by atoms with E-state index in [0.717, 1.165) is 24.0 Å². The van der Waals surface area contributed by atoms with Crippen molar-refractivity contribution < 1.29 is 8.78 Å². The minimum atomic E-state index is -0.768. The molecule has 0 spiro atoms. The predicted octanol–water partition coefficient (Wildman–Crippen LogP) is 6.81. The van der Waals surface area contributed by atoms with Gasteiger partial charge in [0, 0.05) is 5.56 Å². The molecule has 2 heteroatoms. The highest BCUT2D eigenvalue weighted by molar-refractivity contribution is 5.71. The van der Waals surface area contributed by atoms with Gasteiger partial charge in [-0.3, -0.25) is 0 Å². The van der Waals surface area contributed by atoms with Gasteiger partial charge in [0.05, 0.1) is 0 Å². The molecule has 0 saturated carbocycles. The average molecular weight is 336 g/mol. The van der Waals surface area contributed by atoms with Crippen LogP contribution in [0.5, 0.6) is 0 Å². The van der Waals surface area contributed by atoms with Crippen molar-refractivity contribution in [3.63, 3.8) is 0 Å². The summed E-state index contributed by atoms with van der Waals surface area (Å²) in [4.78, 5) is 0. The lowest BCUT2D eigenvalue weighted by Crippen LogP contribution is -1.95. The first kappa shape index (κ1) is 17.3. The summed E-state index contributed by atoms with van der Waals surface area (Å²) >= 11 is 0. The fourth-order valence-electron chi connectivity index (χ4n) is 3.08. The molecular formula is C23H22F2. The van der Waals surface area contributed by atoms with E-state index in [9.17, 15) is 8.78 Å². The van der Waals surface area contributed by atoms with E-state index in [0.29, 0.717) is 23.1 Å². The van der Waals surface area contributed by atoms with Gasteiger partial charge in [0.15, 0.2) is 11.6 Å². The molecular weight excluding hydrogens is 314 g/mol. The second-order valence-electron chi connectivity index (χ2n) is 6.28. The molecule has 0 unspecified atom stereocenters. The zero-order valence-corrected chi connectivity index (χ0v) is 14.7. The van der Waals surface area contributed by atoms with Crippen molar-refractivity contribution in [2.45, 2.75) is 33.1 Å². The molecule has 0 aliphatic carbocycles. The minimum Gasteiger partial charge on any atom is -0.203 e. The molecule has 0 radical (unpaired) electrons. The summed E-state index contributed by atoms with van der Waals surface area (Å²) in [5, 5.41) is 0. The maximum absolute atomic E-state index is 14.3. The van der Waals surface area contributed by atoms with Crippen LogP contribution in [-0.4, -0.2) is 0 Å². The topological polar surface area (TPSA) is 0 Å². The fourth-order valence-corrected chi connectivity index (χ4v) is 3.08. The molecule has 0 fully saturated rings. The second-order valence-corrected chi connectivity index (χ2v) is 6.28. The summed E-state index contributed by atoms with van der Waals surface area (Å²) in [5.74, 6) is -1.51. The Bertz CT molecular complexity index is 847. The van der Waals surface area contributed by atoms with E-state index < -0.39 is 11.6 Å². The monoisotopic (exact) mass is 336 g/mol. The molecule has 0 bridgehead atoms. The van der Waals surface area contributed by atoms with Crippen molar-refractivity contribution >= 4 is 0 Å². The number of hydrogen-bond donors (Lipinski definition) is 0. The molecule has 0 nitrogen and oxygen atoms in total. The highest BCUT2D eigenvalue weighted by atomic mass is 19.2. The molecule has 0 aliphatic rings. The van der Waals surface area contributed by atoms with E-state index in [4.69, 9.17) is 0 Å². The van der Waals surface area contributed by atoms with Crippen LogP contribution in [0, 0.1) is 11.6 Å². The maximum Gasteiger partial charge on any atom is 0.166 e. The Hall–Kier alpha value is -2.48. The van der Waals surface area contributed by atoms with E-state index in [1.54, 1.807) is 12.1 Å². The Morgan fingerprint density at radius 1 is 0.640 bits per heavy atom. The SMILES string of the molecule is CCCc1ccc(-c2ccc(-c3ccc(CC)c(F)c3F)cc2)cc1. The lowest BCUT2D eigenvalue weighted by atomic mass is 9.97. The number of halogens is 2. The smallest absolute Gasteiger partial charge is 0.166 e. The van der Waals surface area contributed by atoms with Gasteiger partial charge in [0.1, 0.15) is 0 Å². The third-order valence-corrected chi connectivity index (χ3v) is 4.57. The highest BCUT2D eigenvalue weighted by Gasteiger charge is 2.13. The van der Waals surface area contributed by atoms with Crippen LogP contribution in [0.1, 0.15) is 31.4 Å². The van der Waals surface area contributed by atoms with Gasteiger partial charge in [-0.25, -0.2) is 8.78 Å². The molecule has 0 aromatic heterocycles. The third-order valence-electron chi connectivity index (χ3n) is 4.57. The number of benzene rings is 3. The largest absolute Gasteiger partial charge is 0.203 e. The molecule has 3 aromatic carbocycles. The summed E-state index contributed by atoms with van der Waals surface area (Å²) in [6, 6.07) is 19.4. The summed E-state index contributed by atoms with van der Waals surface area (Å²) in [5.41, 5.74) is 4.92. The Kier molecular flexibility index (Phi) is 5.28. The average Bonchev–Trinajstić information content (AvgIpc) is 2.65. The summed E-state index contributed by atoms with van der Waals surface area (Å²) in [7, 11) is 0. The number of rotatable bonds is 5. The normalized spacial score (nSPS) is 10.9. The van der Waals surface area contributed by atoms with Crippen LogP contribution in [0.4, 0.5) is 8.78 Å². The van der Waals surface area contributed by atoms with E-state index in [2.05, 4.69) is 31.2 Å². The van der Waals surface area contributed by atoms with Gasteiger partial charge in [0.25, 0.3) is 0 Å². The van der Waals surface area contributed by atoms with Crippen molar-refractivity contribution in [2.75, 3.05) is 0 Å². The van der Waals surface area contributed by atoms with Crippen molar-refractivity contribution in [2.24, 2.45) is 0 Å². The Labute approximate surface area is 148 Å². The van der Waals surface area contributed by atoms with Crippen LogP contribution in [0.2, 0.25) is 0 Å². The van der Waals surface area contributed by atoms with Crippen LogP contribution in [-0.2, 0) is 12.8 Å². The predicted molar refractivity (Wildman–Crippen MR) is 101 cm³/mol. The third kappa shape index (κ3) is 3.63. The molecule has 0 amide bonds. The van der Waals surface area contributed by atoms with Crippen LogP contribution in [0.25, 0.3) is 22.3 Å². The first-order chi connectivity index (χ1) is 12.1. The molecule has 25 heavy (non-hydrogen) atoms. The van der Waals surface area contributed by atoms with Gasteiger partial charge < -0.3 is 0 Å². The lowest BCUT2D eigenvalue weighted by Gasteiger charge is -2.09. The Balaban J connectivity index is 1.89. The van der Waals surface area contributed by atoms with Crippen LogP contribution >= 0.6 is 0 Å². The van der Waals surface area contributed by atoms with Gasteiger partial charge >= 0.3 is 0 Å². The van der Waals surface area contributed by atoms with Crippen molar-refractivity contribution in [3.8, 4) is 22.3 Å². The molecule has 0 heterocycles.